The molecule has 0 aromatic heterocycles. The second-order valence-corrected chi connectivity index (χ2v) is 3.51. The Bertz CT molecular complexity index is 139. The van der Waals surface area contributed by atoms with Crippen LogP contribution in [0.4, 0.5) is 0 Å². The molecule has 0 aliphatic carbocycles. The first-order valence-electron chi connectivity index (χ1n) is 3.97. The summed E-state index contributed by atoms with van der Waals surface area (Å²) in [6, 6.07) is 0. The van der Waals surface area contributed by atoms with Crippen molar-refractivity contribution >= 4 is 23.2 Å². The normalized spacial score (nSPS) is 14.8. The molecule has 2 nitrogen and oxygen atoms in total. The van der Waals surface area contributed by atoms with E-state index in [4.69, 9.17) is 28.3 Å². The highest BCUT2D eigenvalue weighted by atomic mass is 35.5. The average molecular weight is 212 g/mol. The van der Waals surface area contributed by atoms with Crippen LogP contribution in [-0.4, -0.2) is 24.8 Å². The lowest BCUT2D eigenvalue weighted by molar-refractivity contribution is 0.261. The van der Waals surface area contributed by atoms with E-state index in [2.05, 4.69) is 12.2 Å². The van der Waals surface area contributed by atoms with Gasteiger partial charge in [0.15, 0.2) is 0 Å². The largest absolute Gasteiger partial charge is 0.396 e. The molecule has 1 unspecified atom stereocenters. The minimum atomic E-state index is 0.238. The topological polar surface area (TPSA) is 32.3 Å². The van der Waals surface area contributed by atoms with E-state index in [1.165, 1.54) is 5.54 Å². The van der Waals surface area contributed by atoms with Gasteiger partial charge in [-0.25, -0.2) is 0 Å². The van der Waals surface area contributed by atoms with Crippen molar-refractivity contribution in [2.75, 3.05) is 19.7 Å². The molecule has 0 fully saturated rings. The highest BCUT2D eigenvalue weighted by molar-refractivity contribution is 6.36. The molecule has 2 N–H and O–H groups in total. The van der Waals surface area contributed by atoms with Gasteiger partial charge in [0, 0.05) is 23.7 Å². The van der Waals surface area contributed by atoms with E-state index < -0.39 is 0 Å². The number of aliphatic hydroxyl groups excluding tert-OH is 1. The molecule has 1 atom stereocenters. The van der Waals surface area contributed by atoms with E-state index in [9.17, 15) is 0 Å². The Hall–Kier alpha value is 0.240. The van der Waals surface area contributed by atoms with Gasteiger partial charge in [-0.1, -0.05) is 30.1 Å². The number of hydrogen-bond acceptors (Lipinski definition) is 2. The van der Waals surface area contributed by atoms with Gasteiger partial charge in [0.2, 0.25) is 0 Å². The first-order valence-corrected chi connectivity index (χ1v) is 4.78. The third-order valence-electron chi connectivity index (χ3n) is 1.53. The predicted molar refractivity (Wildman–Crippen MR) is 53.5 cm³/mol. The second kappa shape index (κ2) is 7.87. The fourth-order valence-electron chi connectivity index (χ4n) is 0.799. The second-order valence-electron chi connectivity index (χ2n) is 2.80. The third kappa shape index (κ3) is 6.92. The van der Waals surface area contributed by atoms with Crippen LogP contribution in [-0.2, 0) is 0 Å². The van der Waals surface area contributed by atoms with E-state index in [-0.39, 0.29) is 6.61 Å². The summed E-state index contributed by atoms with van der Waals surface area (Å²) in [6.07, 6.45) is 0.815. The molecule has 0 saturated carbocycles. The summed E-state index contributed by atoms with van der Waals surface area (Å²) >= 11 is 11.0. The molecule has 0 saturated heterocycles. The van der Waals surface area contributed by atoms with Gasteiger partial charge in [0.1, 0.15) is 0 Å². The third-order valence-corrected chi connectivity index (χ3v) is 2.14. The number of aliphatic hydroxyl groups is 1. The van der Waals surface area contributed by atoms with E-state index in [0.717, 1.165) is 13.0 Å². The predicted octanol–water partition coefficient (Wildman–Crippen LogP) is 1.91. The Balaban J connectivity index is 3.30. The molecule has 0 rings (SSSR count). The summed E-state index contributed by atoms with van der Waals surface area (Å²) in [6.45, 7) is 3.76. The van der Waals surface area contributed by atoms with Gasteiger partial charge in [-0.3, -0.25) is 0 Å². The van der Waals surface area contributed by atoms with Crippen molar-refractivity contribution in [1.82, 2.24) is 5.32 Å². The minimum Gasteiger partial charge on any atom is -0.396 e. The van der Waals surface area contributed by atoms with Crippen LogP contribution in [0.3, 0.4) is 0 Å². The van der Waals surface area contributed by atoms with Gasteiger partial charge in [-0.15, -0.1) is 0 Å². The van der Waals surface area contributed by atoms with Gasteiger partial charge in [-0.2, -0.15) is 0 Å². The molecule has 0 heterocycles. The van der Waals surface area contributed by atoms with Crippen molar-refractivity contribution in [2.24, 2.45) is 5.92 Å². The first-order chi connectivity index (χ1) is 5.70. The van der Waals surface area contributed by atoms with Crippen molar-refractivity contribution in [3.8, 4) is 0 Å². The van der Waals surface area contributed by atoms with E-state index in [1.54, 1.807) is 0 Å². The molecule has 0 aliphatic heterocycles. The van der Waals surface area contributed by atoms with E-state index in [0.29, 0.717) is 17.5 Å². The Morgan fingerprint density at radius 2 is 2.33 bits per heavy atom. The van der Waals surface area contributed by atoms with Crippen LogP contribution in [0.15, 0.2) is 10.6 Å². The maximum absolute atomic E-state index is 8.61. The smallest absolute Gasteiger partial charge is 0.0434 e. The van der Waals surface area contributed by atoms with Crippen LogP contribution in [0.5, 0.6) is 0 Å². The van der Waals surface area contributed by atoms with Gasteiger partial charge in [0.05, 0.1) is 0 Å². The van der Waals surface area contributed by atoms with Crippen molar-refractivity contribution in [3.63, 3.8) is 0 Å². The molecule has 72 valence electrons. The lowest BCUT2D eigenvalue weighted by atomic mass is 10.1. The summed E-state index contributed by atoms with van der Waals surface area (Å²) in [5.41, 5.74) is 1.35. The number of halogens is 2. The van der Waals surface area contributed by atoms with Crippen LogP contribution < -0.4 is 5.32 Å². The molecule has 0 aliphatic rings. The molecule has 0 aromatic carbocycles. The Labute approximate surface area is 83.6 Å². The SMILES string of the molecule is CC(CCO)CNCC(Cl)=CCl. The maximum atomic E-state index is 8.61. The molecule has 0 spiro atoms. The van der Waals surface area contributed by atoms with Gasteiger partial charge in [-0.05, 0) is 18.9 Å². The lowest BCUT2D eigenvalue weighted by Gasteiger charge is -2.09. The first kappa shape index (κ1) is 12.2. The van der Waals surface area contributed by atoms with Gasteiger partial charge >= 0.3 is 0 Å². The molecule has 4 heteroatoms. The lowest BCUT2D eigenvalue weighted by Crippen LogP contribution is -2.22. The van der Waals surface area contributed by atoms with Crippen LogP contribution in [0.1, 0.15) is 13.3 Å². The van der Waals surface area contributed by atoms with E-state index in [1.807, 2.05) is 0 Å². The van der Waals surface area contributed by atoms with Crippen LogP contribution in [0.2, 0.25) is 0 Å². The van der Waals surface area contributed by atoms with Crippen molar-refractivity contribution in [2.45, 2.75) is 13.3 Å². The fraction of sp³-hybridized carbons (Fsp3) is 0.750. The highest BCUT2D eigenvalue weighted by Gasteiger charge is 2.00. The highest BCUT2D eigenvalue weighted by Crippen LogP contribution is 2.02. The minimum absolute atomic E-state index is 0.238. The zero-order chi connectivity index (χ0) is 9.40. The van der Waals surface area contributed by atoms with Gasteiger partial charge < -0.3 is 10.4 Å². The zero-order valence-corrected chi connectivity index (χ0v) is 8.70. The Morgan fingerprint density at radius 3 is 2.83 bits per heavy atom. The summed E-state index contributed by atoms with van der Waals surface area (Å²) in [5.74, 6) is 0.467. The van der Waals surface area contributed by atoms with Crippen LogP contribution >= 0.6 is 23.2 Å². The molecule has 0 aromatic rings. The van der Waals surface area contributed by atoms with Crippen molar-refractivity contribution < 1.29 is 5.11 Å². The van der Waals surface area contributed by atoms with Crippen LogP contribution in [0, 0.1) is 5.92 Å². The Kier molecular flexibility index (Phi) is 8.02. The van der Waals surface area contributed by atoms with Crippen LogP contribution in [0.25, 0.3) is 0 Å². The van der Waals surface area contributed by atoms with E-state index >= 15 is 0 Å². The molecule has 0 amide bonds. The monoisotopic (exact) mass is 211 g/mol. The molecule has 12 heavy (non-hydrogen) atoms. The summed E-state index contributed by atoms with van der Waals surface area (Å²) in [5, 5.41) is 12.3. The maximum Gasteiger partial charge on any atom is 0.0434 e. The molecular formula is C8H15Cl2NO. The van der Waals surface area contributed by atoms with Gasteiger partial charge in [0.25, 0.3) is 0 Å². The quantitative estimate of drug-likeness (QED) is 0.704. The van der Waals surface area contributed by atoms with Crippen molar-refractivity contribution in [1.29, 1.82) is 0 Å². The Morgan fingerprint density at radius 1 is 1.67 bits per heavy atom. The average Bonchev–Trinajstić information content (AvgIpc) is 2.04. The number of nitrogens with one attached hydrogen (secondary N) is 1. The summed E-state index contributed by atoms with van der Waals surface area (Å²) < 4.78 is 0. The summed E-state index contributed by atoms with van der Waals surface area (Å²) in [7, 11) is 0. The number of rotatable bonds is 6. The molecule has 0 radical (unpaired) electrons. The number of hydrogen-bond donors (Lipinski definition) is 2. The zero-order valence-electron chi connectivity index (χ0n) is 7.19. The molecule has 0 bridgehead atoms. The molecular weight excluding hydrogens is 197 g/mol. The standard InChI is InChI=1S/C8H15Cl2NO/c1-7(2-3-12)5-11-6-8(10)4-9/h4,7,11-12H,2-3,5-6H2,1H3. The van der Waals surface area contributed by atoms with Crippen molar-refractivity contribution in [3.05, 3.63) is 10.6 Å². The fourth-order valence-corrected chi connectivity index (χ4v) is 0.971. The summed E-state index contributed by atoms with van der Waals surface area (Å²) in [4.78, 5) is 0.